The molecule has 0 amide bonds. The standard InChI is InChI=1S/C96H72N12S12/c1-25-73-26-2-61(1)49-109-110-50-62-3-31-76(32-4-62)88-100-89-77-33-9-67(10-34-77)55-115-117-57-69-17-41-81(42-18-69)93-103-91-79-37-13-65(14-38-79)53-113-111-51-63-5-27-74(28-6-63)86-97-85(73)98-87(99-86)75-29-7-64(8-30-75)52-112-114-54-66-15-39-80(40-16-66)92-104-94(82-43-19-70(20-44-82)58-118-116-56-68-11-35-78(36-12-68)90(101-88)102-89)108-96(106-92)84-47-23-72(24-48-84)60-120-119-59-71-21-45-83(46-22-71)95(105-91)107-93/h1-48H,49-60H2. The maximum Gasteiger partial charge on any atom is 0.164 e. The summed E-state index contributed by atoms with van der Waals surface area (Å²) in [5.74, 6) is 17.5. The van der Waals surface area contributed by atoms with Crippen LogP contribution in [0.25, 0.3) is 137 Å². The van der Waals surface area contributed by atoms with Crippen molar-refractivity contribution in [2.24, 2.45) is 0 Å². The number of hydrogen-bond acceptors (Lipinski definition) is 24. The second-order valence-electron chi connectivity index (χ2n) is 28.7. The summed E-state index contributed by atoms with van der Waals surface area (Å²) in [5, 5.41) is 0. The Morgan fingerprint density at radius 2 is 0.167 bits per heavy atom. The highest BCUT2D eigenvalue weighted by Gasteiger charge is 2.21. The number of aromatic nitrogens is 12. The van der Waals surface area contributed by atoms with Crippen molar-refractivity contribution in [1.82, 2.24) is 59.8 Å². The zero-order valence-electron chi connectivity index (χ0n) is 64.5. The largest absolute Gasteiger partial charge is 0.208 e. The Labute approximate surface area is 745 Å². The fraction of sp³-hybridized carbons (Fsp3) is 0.125. The van der Waals surface area contributed by atoms with E-state index in [1.807, 2.05) is 130 Å². The molecule has 0 N–H and O–H groups in total. The molecule has 0 atom stereocenters. The molecule has 36 bridgehead atoms. The Balaban J connectivity index is 0.690. The third kappa shape index (κ3) is 20.5. The van der Waals surface area contributed by atoms with Crippen LogP contribution in [0.4, 0.5) is 0 Å². The van der Waals surface area contributed by atoms with Crippen LogP contribution >= 0.6 is 130 Å². The van der Waals surface area contributed by atoms with Crippen LogP contribution in [0.1, 0.15) is 66.8 Å². The minimum absolute atomic E-state index is 0.624. The lowest BCUT2D eigenvalue weighted by Crippen LogP contribution is -2.00. The number of benzene rings is 12. The van der Waals surface area contributed by atoms with E-state index in [0.717, 1.165) is 136 Å². The van der Waals surface area contributed by atoms with Crippen molar-refractivity contribution in [1.29, 1.82) is 0 Å². The molecule has 16 aromatic rings. The summed E-state index contributed by atoms with van der Waals surface area (Å²) < 4.78 is 0. The molecule has 0 saturated carbocycles. The van der Waals surface area contributed by atoms with Gasteiger partial charge >= 0.3 is 0 Å². The summed E-state index contributed by atoms with van der Waals surface area (Å²) in [4.78, 5) is 62.4. The first-order valence-corrected chi connectivity index (χ1v) is 53.9. The lowest BCUT2D eigenvalue weighted by molar-refractivity contribution is 1.07. The van der Waals surface area contributed by atoms with E-state index in [1.165, 1.54) is 66.8 Å². The Hall–Kier alpha value is -9.12. The molecule has 12 aromatic carbocycles. The smallest absolute Gasteiger partial charge is 0.164 e. The minimum atomic E-state index is 0.624. The third-order valence-electron chi connectivity index (χ3n) is 20.3. The normalized spacial score (nSPS) is 14.2. The fourth-order valence-corrected chi connectivity index (χ4v) is 26.2. The van der Waals surface area contributed by atoms with Crippen LogP contribution < -0.4 is 0 Å². The summed E-state index contributed by atoms with van der Waals surface area (Å²) in [5.41, 5.74) is 25.7. The first kappa shape index (κ1) is 80.6. The SMILES string of the molecule is c1cc2ccc1CSSCc1ccc(cc1)-c1nc3nc(n1)-c1ccc(cc1)CSSCc1ccc(cc1)-c1nc4nc(n1)-c1ccc(cc1)CSSCc1ccc(cc1)-c1nc(nc(n1)-c1ccc(cc1)CSSCc1ccc-3cc1)-c1ccc(cc1)CSSCc1ccc(cc1)-c1nc-2nc(n1)-c1ccc(cc1)CSSCc1ccc-4cc1. The van der Waals surface area contributed by atoms with Crippen molar-refractivity contribution < 1.29 is 0 Å². The van der Waals surface area contributed by atoms with Gasteiger partial charge in [-0.15, -0.1) is 0 Å². The van der Waals surface area contributed by atoms with Crippen molar-refractivity contribution >= 4 is 130 Å². The Morgan fingerprint density at radius 3 is 0.233 bits per heavy atom. The van der Waals surface area contributed by atoms with Gasteiger partial charge < -0.3 is 0 Å². The predicted molar refractivity (Wildman–Crippen MR) is 520 cm³/mol. The Bertz CT molecular complexity index is 4810. The molecule has 52 aliphatic rings. The quantitative estimate of drug-likeness (QED) is 0.132. The van der Waals surface area contributed by atoms with Gasteiger partial charge in [-0.1, -0.05) is 421 Å². The van der Waals surface area contributed by atoms with Gasteiger partial charge in [0.1, 0.15) is 0 Å². The van der Waals surface area contributed by atoms with E-state index >= 15 is 0 Å². The monoisotopic (exact) mass is 1780 g/mol. The van der Waals surface area contributed by atoms with E-state index in [-0.39, 0.29) is 0 Å². The molecule has 120 heavy (non-hydrogen) atoms. The van der Waals surface area contributed by atoms with Crippen LogP contribution in [0.2, 0.25) is 0 Å². The van der Waals surface area contributed by atoms with E-state index in [1.54, 1.807) is 0 Å². The molecule has 0 radical (unpaired) electrons. The molecule has 24 heteroatoms. The van der Waals surface area contributed by atoms with E-state index in [2.05, 4.69) is 291 Å². The maximum atomic E-state index is 5.20. The second kappa shape index (κ2) is 38.9. The molecule has 0 saturated heterocycles. The highest BCUT2D eigenvalue weighted by molar-refractivity contribution is 8.77. The first-order valence-electron chi connectivity index (χ1n) is 38.9. The Kier molecular flexibility index (Phi) is 26.2. The first-order chi connectivity index (χ1) is 59.3. The van der Waals surface area contributed by atoms with Gasteiger partial charge in [0.05, 0.1) is 0 Å². The predicted octanol–water partition coefficient (Wildman–Crippen LogP) is 27.9. The van der Waals surface area contributed by atoms with Crippen LogP contribution in [0, 0.1) is 0 Å². The van der Waals surface area contributed by atoms with Gasteiger partial charge in [0, 0.05) is 136 Å². The molecule has 52 aliphatic heterocycles. The molecule has 4 aromatic heterocycles. The zero-order valence-corrected chi connectivity index (χ0v) is 74.3. The van der Waals surface area contributed by atoms with Gasteiger partial charge in [-0.2, -0.15) is 0 Å². The van der Waals surface area contributed by atoms with Crippen molar-refractivity contribution in [3.05, 3.63) is 358 Å². The summed E-state index contributed by atoms with van der Waals surface area (Å²) >= 11 is 0. The average Bonchev–Trinajstić information content (AvgIpc) is 0.811. The molecular weight excluding hydrogens is 1710 g/mol. The van der Waals surface area contributed by atoms with Gasteiger partial charge in [0.2, 0.25) is 0 Å². The molecule has 56 heterocycles. The molecule has 0 unspecified atom stereocenters. The number of nitrogens with zero attached hydrogens (tertiary/aromatic N) is 12. The average molecular weight is 1780 g/mol. The summed E-state index contributed by atoms with van der Waals surface area (Å²) in [6.45, 7) is 0. The van der Waals surface area contributed by atoms with Crippen LogP contribution in [0.15, 0.2) is 291 Å². The zero-order chi connectivity index (χ0) is 80.2. The van der Waals surface area contributed by atoms with Crippen LogP contribution in [-0.4, -0.2) is 59.8 Å². The van der Waals surface area contributed by atoms with E-state index in [0.29, 0.717) is 69.9 Å². The van der Waals surface area contributed by atoms with Gasteiger partial charge in [0.15, 0.2) is 69.9 Å². The molecule has 68 rings (SSSR count). The topological polar surface area (TPSA) is 155 Å². The lowest BCUT2D eigenvalue weighted by Gasteiger charge is -2.10. The molecule has 588 valence electrons. The van der Waals surface area contributed by atoms with E-state index in [4.69, 9.17) is 59.8 Å². The van der Waals surface area contributed by atoms with Crippen molar-refractivity contribution in [3.8, 4) is 137 Å². The van der Waals surface area contributed by atoms with Crippen molar-refractivity contribution in [2.75, 3.05) is 0 Å². The second-order valence-corrected chi connectivity index (χ2v) is 43.5. The summed E-state index contributed by atoms with van der Waals surface area (Å²) in [7, 11) is 22.2. The maximum absolute atomic E-state index is 5.20. The summed E-state index contributed by atoms with van der Waals surface area (Å²) in [6, 6.07) is 104. The van der Waals surface area contributed by atoms with Crippen LogP contribution in [0.3, 0.4) is 0 Å². The van der Waals surface area contributed by atoms with E-state index < -0.39 is 0 Å². The molecule has 0 spiro atoms. The van der Waals surface area contributed by atoms with Crippen molar-refractivity contribution in [2.45, 2.75) is 69.0 Å². The highest BCUT2D eigenvalue weighted by Crippen LogP contribution is 2.41. The Morgan fingerprint density at radius 1 is 0.100 bits per heavy atom. The van der Waals surface area contributed by atoms with Crippen molar-refractivity contribution in [3.63, 3.8) is 0 Å². The third-order valence-corrected chi connectivity index (χ3v) is 34.0. The summed E-state index contributed by atoms with van der Waals surface area (Å²) in [6.07, 6.45) is 0. The minimum Gasteiger partial charge on any atom is -0.208 e. The van der Waals surface area contributed by atoms with Gasteiger partial charge in [-0.25, -0.2) is 59.8 Å². The lowest BCUT2D eigenvalue weighted by atomic mass is 10.1. The molecule has 0 aliphatic carbocycles. The number of hydrogen-bond donors (Lipinski definition) is 0. The van der Waals surface area contributed by atoms with E-state index in [9.17, 15) is 0 Å². The molecular formula is C96H72N12S12. The fourth-order valence-electron chi connectivity index (χ4n) is 13.4. The van der Waals surface area contributed by atoms with Crippen LogP contribution in [0.5, 0.6) is 0 Å². The molecule has 12 nitrogen and oxygen atoms in total. The van der Waals surface area contributed by atoms with Gasteiger partial charge in [-0.05, 0) is 66.8 Å². The number of rotatable bonds is 0. The van der Waals surface area contributed by atoms with Crippen LogP contribution in [-0.2, 0) is 69.0 Å². The van der Waals surface area contributed by atoms with Gasteiger partial charge in [-0.3, -0.25) is 0 Å². The van der Waals surface area contributed by atoms with Gasteiger partial charge in [0.25, 0.3) is 0 Å². The molecule has 0 fully saturated rings. The highest BCUT2D eigenvalue weighted by atomic mass is 33.1.